The monoisotopic (exact) mass is 251 g/mol. The second kappa shape index (κ2) is 9.09. The van der Waals surface area contributed by atoms with Gasteiger partial charge < -0.3 is 14.8 Å². The Balaban J connectivity index is 2.55. The molecule has 18 heavy (non-hydrogen) atoms. The zero-order chi connectivity index (χ0) is 13.2. The summed E-state index contributed by atoms with van der Waals surface area (Å²) in [7, 11) is 1.98. The molecule has 0 saturated carbocycles. The van der Waals surface area contributed by atoms with Crippen LogP contribution < -0.4 is 5.32 Å². The highest BCUT2D eigenvalue weighted by molar-refractivity contribution is 5.20. The number of hydrogen-bond acceptors (Lipinski definition) is 3. The van der Waals surface area contributed by atoms with Crippen molar-refractivity contribution in [2.45, 2.75) is 32.4 Å². The summed E-state index contributed by atoms with van der Waals surface area (Å²) in [5, 5.41) is 3.34. The van der Waals surface area contributed by atoms with Gasteiger partial charge in [0, 0.05) is 6.61 Å². The van der Waals surface area contributed by atoms with Gasteiger partial charge in [-0.2, -0.15) is 0 Å². The number of benzene rings is 1. The number of ether oxygens (including phenoxy) is 2. The van der Waals surface area contributed by atoms with Gasteiger partial charge in [0.15, 0.2) is 0 Å². The van der Waals surface area contributed by atoms with Crippen LogP contribution in [0.15, 0.2) is 30.3 Å². The van der Waals surface area contributed by atoms with E-state index in [1.807, 2.05) is 20.0 Å². The molecular weight excluding hydrogens is 226 g/mol. The Labute approximate surface area is 110 Å². The summed E-state index contributed by atoms with van der Waals surface area (Å²) in [5.74, 6) is 0. The number of hydrogen-bond donors (Lipinski definition) is 1. The van der Waals surface area contributed by atoms with Crippen LogP contribution in [0.3, 0.4) is 0 Å². The maximum Gasteiger partial charge on any atom is 0.0768 e. The molecule has 102 valence electrons. The van der Waals surface area contributed by atoms with Gasteiger partial charge in [-0.15, -0.1) is 0 Å². The third-order valence-corrected chi connectivity index (χ3v) is 3.01. The number of likely N-dealkylation sites (N-methyl/N-ethyl adjacent to an activating group) is 1. The normalized spacial score (nSPS) is 14.4. The molecule has 3 heteroatoms. The summed E-state index contributed by atoms with van der Waals surface area (Å²) in [6.45, 7) is 6.21. The highest BCUT2D eigenvalue weighted by atomic mass is 16.5. The van der Waals surface area contributed by atoms with E-state index in [1.165, 1.54) is 5.56 Å². The first kappa shape index (κ1) is 15.2. The van der Waals surface area contributed by atoms with Crippen molar-refractivity contribution in [1.82, 2.24) is 5.32 Å². The lowest BCUT2D eigenvalue weighted by molar-refractivity contribution is -0.0105. The fourth-order valence-electron chi connectivity index (χ4n) is 2.08. The van der Waals surface area contributed by atoms with Gasteiger partial charge >= 0.3 is 0 Å². The minimum absolute atomic E-state index is 0.179. The Hall–Kier alpha value is -0.900. The largest absolute Gasteiger partial charge is 0.379 e. The first-order valence-corrected chi connectivity index (χ1v) is 6.75. The molecule has 0 aromatic heterocycles. The molecule has 0 aliphatic rings. The Bertz CT molecular complexity index is 303. The van der Waals surface area contributed by atoms with Gasteiger partial charge in [0.2, 0.25) is 0 Å². The molecule has 0 aliphatic carbocycles. The van der Waals surface area contributed by atoms with Crippen molar-refractivity contribution in [1.29, 1.82) is 0 Å². The summed E-state index contributed by atoms with van der Waals surface area (Å²) >= 11 is 0. The molecule has 2 atom stereocenters. The van der Waals surface area contributed by atoms with E-state index >= 15 is 0 Å². The standard InChI is InChI=1S/C15H25NO2/c1-4-14(18-12-11-17-5-2)15(16-3)13-9-7-6-8-10-13/h6-10,14-16H,4-5,11-12H2,1-3H3. The molecule has 0 bridgehead atoms. The van der Waals surface area contributed by atoms with Gasteiger partial charge in [0.25, 0.3) is 0 Å². The summed E-state index contributed by atoms with van der Waals surface area (Å²) in [5.41, 5.74) is 1.27. The van der Waals surface area contributed by atoms with E-state index in [1.54, 1.807) is 0 Å². The maximum atomic E-state index is 5.91. The topological polar surface area (TPSA) is 30.5 Å². The van der Waals surface area contributed by atoms with Crippen LogP contribution in [0.5, 0.6) is 0 Å². The van der Waals surface area contributed by atoms with Gasteiger partial charge in [0.05, 0.1) is 25.4 Å². The van der Waals surface area contributed by atoms with Crippen LogP contribution >= 0.6 is 0 Å². The third-order valence-electron chi connectivity index (χ3n) is 3.01. The summed E-state index contributed by atoms with van der Waals surface area (Å²) in [6, 6.07) is 10.7. The van der Waals surface area contributed by atoms with Gasteiger partial charge in [0.1, 0.15) is 0 Å². The van der Waals surface area contributed by atoms with E-state index in [4.69, 9.17) is 9.47 Å². The van der Waals surface area contributed by atoms with Crippen molar-refractivity contribution in [2.75, 3.05) is 26.9 Å². The van der Waals surface area contributed by atoms with Crippen LogP contribution in [-0.2, 0) is 9.47 Å². The van der Waals surface area contributed by atoms with Crippen molar-refractivity contribution in [3.63, 3.8) is 0 Å². The zero-order valence-electron chi connectivity index (χ0n) is 11.7. The van der Waals surface area contributed by atoms with Crippen LogP contribution in [-0.4, -0.2) is 33.0 Å². The van der Waals surface area contributed by atoms with Gasteiger partial charge in [-0.3, -0.25) is 0 Å². The fraction of sp³-hybridized carbons (Fsp3) is 0.600. The molecule has 1 aromatic rings. The second-order valence-electron chi connectivity index (χ2n) is 4.19. The molecule has 0 amide bonds. The van der Waals surface area contributed by atoms with E-state index in [0.29, 0.717) is 13.2 Å². The van der Waals surface area contributed by atoms with E-state index in [0.717, 1.165) is 13.0 Å². The zero-order valence-corrected chi connectivity index (χ0v) is 11.7. The molecule has 0 saturated heterocycles. The molecule has 0 radical (unpaired) electrons. The van der Waals surface area contributed by atoms with E-state index < -0.39 is 0 Å². The van der Waals surface area contributed by atoms with Crippen molar-refractivity contribution < 1.29 is 9.47 Å². The summed E-state index contributed by atoms with van der Waals surface area (Å²) < 4.78 is 11.2. The molecule has 1 N–H and O–H groups in total. The lowest BCUT2D eigenvalue weighted by Gasteiger charge is -2.26. The lowest BCUT2D eigenvalue weighted by atomic mass is 10.00. The van der Waals surface area contributed by atoms with Gasteiger partial charge in [-0.25, -0.2) is 0 Å². The summed E-state index contributed by atoms with van der Waals surface area (Å²) in [4.78, 5) is 0. The van der Waals surface area contributed by atoms with E-state index in [9.17, 15) is 0 Å². The molecular formula is C15H25NO2. The van der Waals surface area contributed by atoms with E-state index in [-0.39, 0.29) is 12.1 Å². The Morgan fingerprint density at radius 2 is 1.83 bits per heavy atom. The number of rotatable bonds is 9. The van der Waals surface area contributed by atoms with Crippen molar-refractivity contribution in [3.05, 3.63) is 35.9 Å². The van der Waals surface area contributed by atoms with Gasteiger partial charge in [-0.05, 0) is 26.0 Å². The molecule has 3 nitrogen and oxygen atoms in total. The SMILES string of the molecule is CCOCCOC(CC)C(NC)c1ccccc1. The maximum absolute atomic E-state index is 5.91. The van der Waals surface area contributed by atoms with Gasteiger partial charge in [-0.1, -0.05) is 37.3 Å². The predicted molar refractivity (Wildman–Crippen MR) is 74.8 cm³/mol. The van der Waals surface area contributed by atoms with Crippen molar-refractivity contribution in [3.8, 4) is 0 Å². The van der Waals surface area contributed by atoms with E-state index in [2.05, 4.69) is 36.5 Å². The van der Waals surface area contributed by atoms with Crippen LogP contribution in [0.2, 0.25) is 0 Å². The Kier molecular flexibility index (Phi) is 7.65. The minimum atomic E-state index is 0.179. The van der Waals surface area contributed by atoms with Crippen molar-refractivity contribution in [2.24, 2.45) is 0 Å². The highest BCUT2D eigenvalue weighted by Gasteiger charge is 2.20. The smallest absolute Gasteiger partial charge is 0.0768 e. The average molecular weight is 251 g/mol. The van der Waals surface area contributed by atoms with Crippen LogP contribution in [0.1, 0.15) is 31.9 Å². The van der Waals surface area contributed by atoms with Crippen molar-refractivity contribution >= 4 is 0 Å². The first-order valence-electron chi connectivity index (χ1n) is 6.75. The molecule has 0 fully saturated rings. The minimum Gasteiger partial charge on any atom is -0.379 e. The first-order chi connectivity index (χ1) is 8.83. The van der Waals surface area contributed by atoms with Crippen LogP contribution in [0.25, 0.3) is 0 Å². The third kappa shape index (κ3) is 4.77. The molecule has 0 spiro atoms. The Morgan fingerprint density at radius 3 is 2.39 bits per heavy atom. The lowest BCUT2D eigenvalue weighted by Crippen LogP contribution is -2.32. The predicted octanol–water partition coefficient (Wildman–Crippen LogP) is 2.78. The molecule has 0 heterocycles. The molecule has 1 rings (SSSR count). The number of nitrogens with one attached hydrogen (secondary N) is 1. The molecule has 0 aliphatic heterocycles. The van der Waals surface area contributed by atoms with Crippen LogP contribution in [0.4, 0.5) is 0 Å². The quantitative estimate of drug-likeness (QED) is 0.685. The average Bonchev–Trinajstić information content (AvgIpc) is 2.43. The second-order valence-corrected chi connectivity index (χ2v) is 4.19. The fourth-order valence-corrected chi connectivity index (χ4v) is 2.08. The van der Waals surface area contributed by atoms with Crippen LogP contribution in [0, 0.1) is 0 Å². The Morgan fingerprint density at radius 1 is 1.11 bits per heavy atom. The molecule has 2 unspecified atom stereocenters. The molecule has 1 aromatic carbocycles. The highest BCUT2D eigenvalue weighted by Crippen LogP contribution is 2.21. The summed E-state index contributed by atoms with van der Waals surface area (Å²) in [6.07, 6.45) is 1.16.